The molecule has 0 saturated carbocycles. The minimum absolute atomic E-state index is 0. The Morgan fingerprint density at radius 2 is 1.26 bits per heavy atom. The summed E-state index contributed by atoms with van der Waals surface area (Å²) >= 11 is 0. The summed E-state index contributed by atoms with van der Waals surface area (Å²) in [5.41, 5.74) is 10.4. The molecule has 9 rings (SSSR count). The first-order chi connectivity index (χ1) is 22.7. The molecule has 2 aromatic heterocycles. The molecule has 6 heteroatoms. The molecule has 0 amide bonds. The van der Waals surface area contributed by atoms with E-state index in [1.165, 1.54) is 5.56 Å². The first kappa shape index (κ1) is 30.4. The third-order valence-corrected chi connectivity index (χ3v) is 8.29. The molecule has 0 spiro atoms. The van der Waals surface area contributed by atoms with Crippen LogP contribution in [0.4, 0.5) is 0 Å². The maximum Gasteiger partial charge on any atom is 0.239 e. The van der Waals surface area contributed by atoms with E-state index in [2.05, 4.69) is 65.6 Å². The van der Waals surface area contributed by atoms with Gasteiger partial charge in [0.25, 0.3) is 0 Å². The summed E-state index contributed by atoms with van der Waals surface area (Å²) < 4.78 is 12.8. The van der Waals surface area contributed by atoms with Crippen molar-refractivity contribution in [2.45, 2.75) is 6.92 Å². The van der Waals surface area contributed by atoms with Crippen LogP contribution in [0.25, 0.3) is 33.6 Å². The van der Waals surface area contributed by atoms with Gasteiger partial charge in [-0.3, -0.25) is 0 Å². The second-order valence-corrected chi connectivity index (χ2v) is 11.3. The Hall–Kier alpha value is -5.29. The topological polar surface area (TPSA) is 44.2 Å². The number of rotatable bonds is 3. The van der Waals surface area contributed by atoms with Crippen LogP contribution in [0.1, 0.15) is 5.56 Å². The third kappa shape index (κ3) is 5.90. The fourth-order valence-corrected chi connectivity index (χ4v) is 6.04. The van der Waals surface area contributed by atoms with E-state index in [1.807, 2.05) is 104 Å². The van der Waals surface area contributed by atoms with Crippen LogP contribution in [-0.2, 0) is 20.1 Å². The zero-order valence-electron chi connectivity index (χ0n) is 25.5. The molecule has 227 valence electrons. The molecule has 1 radical (unpaired) electrons. The van der Waals surface area contributed by atoms with Crippen molar-refractivity contribution in [3.05, 3.63) is 164 Å². The van der Waals surface area contributed by atoms with Gasteiger partial charge in [-0.15, -0.1) is 48.0 Å². The van der Waals surface area contributed by atoms with Crippen molar-refractivity contribution in [1.29, 1.82) is 0 Å². The minimum atomic E-state index is 0. The summed E-state index contributed by atoms with van der Waals surface area (Å²) in [5, 5.41) is 0. The second kappa shape index (κ2) is 13.2. The molecule has 4 heterocycles. The number of pyridine rings is 2. The van der Waals surface area contributed by atoms with E-state index in [-0.39, 0.29) is 26.8 Å². The zero-order chi connectivity index (χ0) is 30.9. The summed E-state index contributed by atoms with van der Waals surface area (Å²) in [4.78, 5) is 9.10. The number of para-hydroxylation sites is 2. The molecule has 0 bridgehead atoms. The van der Waals surface area contributed by atoms with Gasteiger partial charge in [-0.05, 0) is 58.1 Å². The molecule has 0 saturated heterocycles. The number of fused-ring (bicyclic) bond motifs is 4. The molecule has 0 N–H and O–H groups in total. The van der Waals surface area contributed by atoms with Crippen LogP contribution in [0.3, 0.4) is 0 Å². The molecule has 2 aliphatic heterocycles. The van der Waals surface area contributed by atoms with Crippen molar-refractivity contribution >= 4 is 23.1 Å². The first-order valence-electron chi connectivity index (χ1n) is 15.3. The Balaban J connectivity index is 0.000000212. The predicted octanol–water partition coefficient (Wildman–Crippen LogP) is 7.80. The van der Waals surface area contributed by atoms with Gasteiger partial charge in [-0.2, -0.15) is 0 Å². The Morgan fingerprint density at radius 3 is 1.94 bits per heavy atom. The summed E-state index contributed by atoms with van der Waals surface area (Å²) in [5.74, 6) is 3.29. The quantitative estimate of drug-likeness (QED) is 0.136. The summed E-state index contributed by atoms with van der Waals surface area (Å²) in [6.45, 7) is 2.08. The van der Waals surface area contributed by atoms with Crippen LogP contribution in [0.5, 0.6) is 23.0 Å². The van der Waals surface area contributed by atoms with Gasteiger partial charge >= 0.3 is 0 Å². The SMILES string of the molecule is Cc1ccc(-c2[c-]cccc2)nc1.[Ir].[c-]1cc2c3c(c1-c1ccc(-c4ccccc4)cn1)Oc1ccccc1B3c1ccccc1O2. The van der Waals surface area contributed by atoms with Crippen LogP contribution < -0.4 is 25.9 Å². The number of aryl methyl sites for hydroxylation is 1. The Bertz CT molecular complexity index is 2150. The van der Waals surface area contributed by atoms with Gasteiger partial charge in [-0.1, -0.05) is 102 Å². The Kier molecular flexibility index (Phi) is 8.54. The molecular weight excluding hydrogens is 755 g/mol. The average Bonchev–Trinajstić information content (AvgIpc) is 3.13. The van der Waals surface area contributed by atoms with Crippen molar-refractivity contribution in [2.24, 2.45) is 0 Å². The zero-order valence-corrected chi connectivity index (χ0v) is 27.9. The smallest absolute Gasteiger partial charge is 0.239 e. The van der Waals surface area contributed by atoms with Crippen molar-refractivity contribution in [1.82, 2.24) is 9.97 Å². The average molecular weight is 783 g/mol. The van der Waals surface area contributed by atoms with E-state index in [0.717, 1.165) is 73.0 Å². The number of hydrogen-bond acceptors (Lipinski definition) is 4. The summed E-state index contributed by atoms with van der Waals surface area (Å²) in [7, 11) is 0. The van der Waals surface area contributed by atoms with Crippen LogP contribution >= 0.6 is 0 Å². The summed E-state index contributed by atoms with van der Waals surface area (Å²) in [6.07, 6.45) is 3.78. The van der Waals surface area contributed by atoms with Crippen LogP contribution in [0, 0.1) is 19.1 Å². The Morgan fingerprint density at radius 1 is 0.574 bits per heavy atom. The van der Waals surface area contributed by atoms with E-state index >= 15 is 0 Å². The fourth-order valence-electron chi connectivity index (χ4n) is 6.04. The van der Waals surface area contributed by atoms with Crippen LogP contribution in [-0.4, -0.2) is 16.7 Å². The van der Waals surface area contributed by atoms with Gasteiger partial charge in [0, 0.05) is 44.0 Å². The van der Waals surface area contributed by atoms with E-state index in [0.29, 0.717) is 0 Å². The van der Waals surface area contributed by atoms with Crippen molar-refractivity contribution in [3.8, 4) is 56.6 Å². The molecule has 0 unspecified atom stereocenters. The van der Waals surface area contributed by atoms with Gasteiger partial charge < -0.3 is 19.4 Å². The number of hydrogen-bond donors (Lipinski definition) is 0. The second-order valence-electron chi connectivity index (χ2n) is 11.3. The maximum absolute atomic E-state index is 6.49. The van der Waals surface area contributed by atoms with Gasteiger partial charge in [0.2, 0.25) is 6.71 Å². The monoisotopic (exact) mass is 783 g/mol. The minimum Gasteiger partial charge on any atom is -0.503 e. The molecule has 47 heavy (non-hydrogen) atoms. The molecule has 4 nitrogen and oxygen atoms in total. The van der Waals surface area contributed by atoms with E-state index in [9.17, 15) is 0 Å². The number of nitrogens with zero attached hydrogens (tertiary/aromatic N) is 2. The molecule has 7 aromatic rings. The molecule has 0 fully saturated rings. The number of benzene rings is 5. The molecular formula is C41H27BIrN2O2-2. The van der Waals surface area contributed by atoms with Gasteiger partial charge in [0.1, 0.15) is 11.5 Å². The molecule has 0 aliphatic carbocycles. The number of aromatic nitrogens is 2. The standard InChI is InChI=1S/C29H17BNO2.C12H10N.Ir/c1-2-8-19(9-3-1)20-14-16-24(31-18-20)21-15-17-27-28-29(21)33-26-13-7-5-11-23(26)30(28)22-10-4-6-12-25(22)32-27;1-10-7-8-12(13-9-10)11-5-3-2-4-6-11;/h1-14,16-18H;2-5,7-9H,1H3;/q2*-1;. The summed E-state index contributed by atoms with van der Waals surface area (Å²) in [6, 6.07) is 51.2. The van der Waals surface area contributed by atoms with Crippen LogP contribution in [0.15, 0.2) is 146 Å². The largest absolute Gasteiger partial charge is 0.503 e. The van der Waals surface area contributed by atoms with Gasteiger partial charge in [-0.25, -0.2) is 0 Å². The van der Waals surface area contributed by atoms with Crippen molar-refractivity contribution < 1.29 is 29.6 Å². The molecule has 2 aliphatic rings. The molecule has 5 aromatic carbocycles. The normalized spacial score (nSPS) is 11.6. The fraction of sp³-hybridized carbons (Fsp3) is 0.0244. The van der Waals surface area contributed by atoms with E-state index < -0.39 is 0 Å². The van der Waals surface area contributed by atoms with Crippen molar-refractivity contribution in [3.63, 3.8) is 0 Å². The first-order valence-corrected chi connectivity index (χ1v) is 15.3. The maximum atomic E-state index is 6.49. The van der Waals surface area contributed by atoms with Crippen LogP contribution in [0.2, 0.25) is 0 Å². The van der Waals surface area contributed by atoms with Crippen molar-refractivity contribution in [2.75, 3.05) is 0 Å². The number of ether oxygens (including phenoxy) is 2. The third-order valence-electron chi connectivity index (χ3n) is 8.29. The van der Waals surface area contributed by atoms with Gasteiger partial charge in [0.05, 0.1) is 0 Å². The van der Waals surface area contributed by atoms with E-state index in [1.54, 1.807) is 0 Å². The predicted molar refractivity (Wildman–Crippen MR) is 185 cm³/mol. The van der Waals surface area contributed by atoms with Gasteiger partial charge in [0.15, 0.2) is 0 Å². The molecule has 0 atom stereocenters. The van der Waals surface area contributed by atoms with E-state index in [4.69, 9.17) is 14.5 Å². The Labute approximate surface area is 288 Å².